The standard InChI is InChI=1S/C34H43ClN4O8/c1-19-26(46-29-23-15-21(35)13-14-22(23)25(45-5)17-36-29)18-39-27(19)28(40)38-34(31(42)43)16-20(34)11-9-7-6-8-10-12-24(30(39)41)37-32(44)47-33(2,3)4/h9,11,13-15,17,19-20,24,26-27H,6-8,10,12,16,18H2,1-5H3,(H,37,44)(H,38,40)(H,42,43)/t19-,20-,24+,26+,27+,34-/m1/s1. The molecule has 1 aromatic heterocycles. The lowest BCUT2D eigenvalue weighted by Gasteiger charge is -2.31. The van der Waals surface area contributed by atoms with Gasteiger partial charge in [0.05, 0.1) is 19.9 Å². The van der Waals surface area contributed by atoms with Crippen molar-refractivity contribution >= 4 is 46.3 Å². The summed E-state index contributed by atoms with van der Waals surface area (Å²) in [5.41, 5.74) is -2.24. The summed E-state index contributed by atoms with van der Waals surface area (Å²) in [6.07, 6.45) is 7.48. The van der Waals surface area contributed by atoms with E-state index in [1.54, 1.807) is 45.9 Å². The fraction of sp³-hybridized carbons (Fsp3) is 0.559. The lowest BCUT2D eigenvalue weighted by molar-refractivity contribution is -0.146. The Kier molecular flexibility index (Phi) is 9.91. The molecule has 12 nitrogen and oxygen atoms in total. The molecule has 47 heavy (non-hydrogen) atoms. The van der Waals surface area contributed by atoms with Crippen molar-refractivity contribution in [2.75, 3.05) is 13.7 Å². The Labute approximate surface area is 279 Å². The zero-order valence-electron chi connectivity index (χ0n) is 27.4. The summed E-state index contributed by atoms with van der Waals surface area (Å²) >= 11 is 6.32. The van der Waals surface area contributed by atoms with Crippen LogP contribution in [0.3, 0.4) is 0 Å². The van der Waals surface area contributed by atoms with Gasteiger partial charge in [0.15, 0.2) is 0 Å². The summed E-state index contributed by atoms with van der Waals surface area (Å²) < 4.78 is 17.4. The number of halogens is 1. The predicted molar refractivity (Wildman–Crippen MR) is 174 cm³/mol. The number of aliphatic carboxylic acids is 1. The third kappa shape index (κ3) is 7.42. The number of benzene rings is 1. The number of fused-ring (bicyclic) bond motifs is 3. The largest absolute Gasteiger partial charge is 0.494 e. The Balaban J connectivity index is 1.50. The summed E-state index contributed by atoms with van der Waals surface area (Å²) in [6.45, 7) is 6.97. The third-order valence-electron chi connectivity index (χ3n) is 9.07. The van der Waals surface area contributed by atoms with E-state index in [0.717, 1.165) is 19.3 Å². The smallest absolute Gasteiger partial charge is 0.408 e. The van der Waals surface area contributed by atoms with Gasteiger partial charge in [0.2, 0.25) is 17.7 Å². The quantitative estimate of drug-likeness (QED) is 0.378. The van der Waals surface area contributed by atoms with E-state index >= 15 is 0 Å². The molecule has 0 radical (unpaired) electrons. The Morgan fingerprint density at radius 3 is 2.64 bits per heavy atom. The fourth-order valence-corrected chi connectivity index (χ4v) is 6.66. The first-order valence-corrected chi connectivity index (χ1v) is 16.4. The second-order valence-electron chi connectivity index (χ2n) is 13.6. The van der Waals surface area contributed by atoms with Gasteiger partial charge in [0.25, 0.3) is 0 Å². The number of carboxylic acid groups (broad SMARTS) is 1. The minimum Gasteiger partial charge on any atom is -0.494 e. The number of carbonyl (C=O) groups is 4. The van der Waals surface area contributed by atoms with Crippen molar-refractivity contribution in [3.8, 4) is 11.6 Å². The number of hydrogen-bond acceptors (Lipinski definition) is 8. The van der Waals surface area contributed by atoms with Crippen LogP contribution >= 0.6 is 11.6 Å². The highest BCUT2D eigenvalue weighted by molar-refractivity contribution is 6.31. The van der Waals surface area contributed by atoms with E-state index in [-0.39, 0.29) is 24.8 Å². The van der Waals surface area contributed by atoms with Crippen molar-refractivity contribution in [3.63, 3.8) is 0 Å². The molecule has 3 amide bonds. The third-order valence-corrected chi connectivity index (χ3v) is 9.31. The van der Waals surface area contributed by atoms with Gasteiger partial charge in [-0.2, -0.15) is 0 Å². The van der Waals surface area contributed by atoms with Crippen LogP contribution in [0.1, 0.15) is 66.2 Å². The number of amides is 3. The molecular formula is C34H43ClN4O8. The van der Waals surface area contributed by atoms with Crippen LogP contribution in [0, 0.1) is 11.8 Å². The minimum atomic E-state index is -1.46. The molecule has 1 aliphatic carbocycles. The van der Waals surface area contributed by atoms with Crippen molar-refractivity contribution in [1.29, 1.82) is 0 Å². The maximum atomic E-state index is 14.3. The van der Waals surface area contributed by atoms with E-state index in [1.807, 2.05) is 12.2 Å². The van der Waals surface area contributed by atoms with Crippen LogP contribution in [0.5, 0.6) is 11.6 Å². The van der Waals surface area contributed by atoms with Crippen LogP contribution in [-0.2, 0) is 19.1 Å². The van der Waals surface area contributed by atoms with Gasteiger partial charge in [0.1, 0.15) is 35.1 Å². The maximum absolute atomic E-state index is 14.3. The number of pyridine rings is 1. The average molecular weight is 671 g/mol. The molecule has 1 saturated carbocycles. The number of methoxy groups -OCH3 is 1. The van der Waals surface area contributed by atoms with Gasteiger partial charge in [-0.15, -0.1) is 0 Å². The van der Waals surface area contributed by atoms with Crippen molar-refractivity contribution in [3.05, 3.63) is 41.6 Å². The number of nitrogens with zero attached hydrogens (tertiary/aromatic N) is 2. The molecule has 1 aromatic carbocycles. The van der Waals surface area contributed by atoms with Gasteiger partial charge in [0, 0.05) is 27.6 Å². The van der Waals surface area contributed by atoms with Crippen LogP contribution in [0.15, 0.2) is 36.5 Å². The summed E-state index contributed by atoms with van der Waals surface area (Å²) in [6, 6.07) is 3.16. The van der Waals surface area contributed by atoms with Gasteiger partial charge in [-0.1, -0.05) is 43.5 Å². The monoisotopic (exact) mass is 670 g/mol. The van der Waals surface area contributed by atoms with Crippen LogP contribution in [0.25, 0.3) is 10.8 Å². The van der Waals surface area contributed by atoms with Crippen molar-refractivity contribution in [2.24, 2.45) is 11.8 Å². The van der Waals surface area contributed by atoms with E-state index < -0.39 is 59.1 Å². The average Bonchev–Trinajstić information content (AvgIpc) is 3.60. The first kappa shape index (κ1) is 34.3. The van der Waals surface area contributed by atoms with Gasteiger partial charge in [-0.3, -0.25) is 9.59 Å². The first-order chi connectivity index (χ1) is 22.2. The van der Waals surface area contributed by atoms with Crippen LogP contribution < -0.4 is 20.1 Å². The number of allylic oxidation sites excluding steroid dienone is 1. The topological polar surface area (TPSA) is 156 Å². The summed E-state index contributed by atoms with van der Waals surface area (Å²) in [4.78, 5) is 59.6. The van der Waals surface area contributed by atoms with E-state index in [9.17, 15) is 24.3 Å². The zero-order valence-corrected chi connectivity index (χ0v) is 28.1. The Bertz CT molecular complexity index is 1580. The van der Waals surface area contributed by atoms with Crippen LogP contribution in [-0.4, -0.2) is 81.8 Å². The number of alkyl carbamates (subject to hydrolysis) is 1. The number of nitrogens with one attached hydrogen (secondary N) is 2. The molecule has 3 aliphatic rings. The van der Waals surface area contributed by atoms with E-state index in [4.69, 9.17) is 25.8 Å². The highest BCUT2D eigenvalue weighted by Gasteiger charge is 2.62. The van der Waals surface area contributed by atoms with Gasteiger partial charge >= 0.3 is 12.1 Å². The lowest BCUT2D eigenvalue weighted by atomic mass is 9.98. The molecular weight excluding hydrogens is 628 g/mol. The second-order valence-corrected chi connectivity index (χ2v) is 14.1. The van der Waals surface area contributed by atoms with E-state index in [1.165, 1.54) is 18.2 Å². The second kappa shape index (κ2) is 13.6. The van der Waals surface area contributed by atoms with E-state index in [2.05, 4.69) is 15.6 Å². The van der Waals surface area contributed by atoms with Crippen molar-refractivity contribution < 1.29 is 38.5 Å². The molecule has 6 atom stereocenters. The molecule has 13 heteroatoms. The molecule has 2 aliphatic heterocycles. The number of ether oxygens (including phenoxy) is 3. The van der Waals surface area contributed by atoms with Crippen LogP contribution in [0.4, 0.5) is 4.79 Å². The Morgan fingerprint density at radius 1 is 1.17 bits per heavy atom. The highest BCUT2D eigenvalue weighted by atomic mass is 35.5. The highest BCUT2D eigenvalue weighted by Crippen LogP contribution is 2.46. The predicted octanol–water partition coefficient (Wildman–Crippen LogP) is 4.86. The first-order valence-electron chi connectivity index (χ1n) is 16.0. The molecule has 3 N–H and O–H groups in total. The molecule has 2 aromatic rings. The Hall–Kier alpha value is -4.06. The van der Waals surface area contributed by atoms with Crippen LogP contribution in [0.2, 0.25) is 5.02 Å². The van der Waals surface area contributed by atoms with E-state index in [0.29, 0.717) is 34.4 Å². The van der Waals surface area contributed by atoms with Crippen molar-refractivity contribution in [2.45, 2.75) is 95.5 Å². The van der Waals surface area contributed by atoms with Gasteiger partial charge in [-0.05, 0) is 64.7 Å². The molecule has 0 spiro atoms. The number of carbonyl (C=O) groups excluding carboxylic acids is 3. The van der Waals surface area contributed by atoms with Gasteiger partial charge in [-0.25, -0.2) is 14.6 Å². The molecule has 254 valence electrons. The molecule has 3 heterocycles. The van der Waals surface area contributed by atoms with Gasteiger partial charge < -0.3 is 34.9 Å². The summed E-state index contributed by atoms with van der Waals surface area (Å²) in [5, 5.41) is 17.5. The lowest BCUT2D eigenvalue weighted by Crippen LogP contribution is -2.57. The summed E-state index contributed by atoms with van der Waals surface area (Å²) in [7, 11) is 1.53. The molecule has 0 unspecified atom stereocenters. The number of carboxylic acids is 1. The number of aromatic nitrogens is 1. The minimum absolute atomic E-state index is 0.0102. The molecule has 1 saturated heterocycles. The number of rotatable bonds is 5. The zero-order chi connectivity index (χ0) is 34.1. The summed E-state index contributed by atoms with van der Waals surface area (Å²) in [5.74, 6) is -2.39. The fourth-order valence-electron chi connectivity index (χ4n) is 6.49. The Morgan fingerprint density at radius 2 is 1.94 bits per heavy atom. The molecule has 5 rings (SSSR count). The SMILES string of the molecule is COc1cnc(O[C@H]2CN3C(=O)[C@@H](NC(=O)OC(C)(C)C)CCCCCC=C[C@@H]4C[C@@]4(C(=O)O)NC(=O)[C@@H]3[C@@H]2C)c2cc(Cl)ccc12. The molecule has 0 bridgehead atoms. The normalized spacial score (nSPS) is 28.3. The molecule has 2 fully saturated rings. The number of hydrogen-bond donors (Lipinski definition) is 3. The maximum Gasteiger partial charge on any atom is 0.408 e. The van der Waals surface area contributed by atoms with Crippen molar-refractivity contribution in [1.82, 2.24) is 20.5 Å².